The minimum Gasteiger partial charge on any atom is -0.406 e. The first-order valence-corrected chi connectivity index (χ1v) is 13.4. The second-order valence-corrected chi connectivity index (χ2v) is 10.0. The molecule has 0 fully saturated rings. The summed E-state index contributed by atoms with van der Waals surface area (Å²) in [5.41, 5.74) is 1.59. The lowest BCUT2D eigenvalue weighted by Gasteiger charge is -2.24. The molecule has 216 valence electrons. The van der Waals surface area contributed by atoms with Gasteiger partial charge in [-0.3, -0.25) is 14.2 Å². The average molecular weight is 604 g/mol. The van der Waals surface area contributed by atoms with Crippen LogP contribution in [-0.4, -0.2) is 25.9 Å². The molecule has 1 atom stereocenters. The van der Waals surface area contributed by atoms with Crippen LogP contribution in [0.2, 0.25) is 5.02 Å². The number of pyridine rings is 2. The van der Waals surface area contributed by atoms with E-state index >= 15 is 0 Å². The van der Waals surface area contributed by atoms with Gasteiger partial charge in [0.15, 0.2) is 5.43 Å². The monoisotopic (exact) mass is 603 g/mol. The van der Waals surface area contributed by atoms with Gasteiger partial charge in [0.05, 0.1) is 22.1 Å². The van der Waals surface area contributed by atoms with Crippen molar-refractivity contribution in [1.29, 1.82) is 0 Å². The fraction of sp³-hybridized carbons (Fsp3) is 0.0968. The quantitative estimate of drug-likeness (QED) is 0.212. The smallest absolute Gasteiger partial charge is 0.406 e. The van der Waals surface area contributed by atoms with Crippen molar-refractivity contribution < 1.29 is 17.9 Å². The van der Waals surface area contributed by atoms with E-state index in [0.717, 1.165) is 0 Å². The second-order valence-electron chi connectivity index (χ2n) is 9.63. The van der Waals surface area contributed by atoms with Gasteiger partial charge in [-0.05, 0) is 42.3 Å². The number of H-pyrrole nitrogens is 1. The Bertz CT molecular complexity index is 2090. The van der Waals surface area contributed by atoms with Crippen LogP contribution in [0.15, 0.2) is 101 Å². The van der Waals surface area contributed by atoms with E-state index in [1.165, 1.54) is 47.4 Å². The highest BCUT2D eigenvalue weighted by Crippen LogP contribution is 2.37. The van der Waals surface area contributed by atoms with Crippen molar-refractivity contribution in [3.63, 3.8) is 0 Å². The Morgan fingerprint density at radius 2 is 1.67 bits per heavy atom. The van der Waals surface area contributed by atoms with Crippen molar-refractivity contribution >= 4 is 39.2 Å². The topological polar surface area (TPSA) is 102 Å². The molecule has 3 heterocycles. The molecule has 2 N–H and O–H groups in total. The first kappa shape index (κ1) is 28.0. The summed E-state index contributed by atoms with van der Waals surface area (Å²) in [7, 11) is 0. The van der Waals surface area contributed by atoms with Crippen LogP contribution in [0, 0.1) is 0 Å². The Kier molecular flexibility index (Phi) is 7.10. The summed E-state index contributed by atoms with van der Waals surface area (Å²) < 4.78 is 43.6. The number of aromatic nitrogens is 4. The van der Waals surface area contributed by atoms with Gasteiger partial charge >= 0.3 is 6.36 Å². The van der Waals surface area contributed by atoms with Gasteiger partial charge in [0.2, 0.25) is 0 Å². The Morgan fingerprint density at radius 1 is 0.930 bits per heavy atom. The molecule has 0 unspecified atom stereocenters. The van der Waals surface area contributed by atoms with Gasteiger partial charge in [0.1, 0.15) is 28.9 Å². The number of benzene rings is 3. The molecule has 43 heavy (non-hydrogen) atoms. The molecule has 6 rings (SSSR count). The van der Waals surface area contributed by atoms with E-state index < -0.39 is 18.0 Å². The average Bonchev–Trinajstić information content (AvgIpc) is 2.98. The number of aromatic amines is 1. The zero-order chi connectivity index (χ0) is 30.3. The van der Waals surface area contributed by atoms with Crippen LogP contribution in [0.3, 0.4) is 0 Å². The summed E-state index contributed by atoms with van der Waals surface area (Å²) >= 11 is 7.09. The molecule has 3 aromatic heterocycles. The number of nitrogens with one attached hydrogen (secondary N) is 2. The largest absolute Gasteiger partial charge is 0.573 e. The van der Waals surface area contributed by atoms with E-state index in [4.69, 9.17) is 11.6 Å². The Hall–Kier alpha value is -5.16. The van der Waals surface area contributed by atoms with E-state index in [1.807, 2.05) is 6.07 Å². The molecule has 6 aromatic rings. The van der Waals surface area contributed by atoms with Crippen LogP contribution in [0.4, 0.5) is 19.0 Å². The Labute approximate surface area is 246 Å². The third-order valence-corrected chi connectivity index (χ3v) is 7.31. The van der Waals surface area contributed by atoms with E-state index in [9.17, 15) is 22.8 Å². The summed E-state index contributed by atoms with van der Waals surface area (Å²) in [6.45, 7) is 1.79. The Morgan fingerprint density at radius 3 is 2.40 bits per heavy atom. The van der Waals surface area contributed by atoms with Gasteiger partial charge in [0.25, 0.3) is 5.56 Å². The summed E-state index contributed by atoms with van der Waals surface area (Å²) in [5, 5.41) is 4.48. The minimum absolute atomic E-state index is 0.252. The summed E-state index contributed by atoms with van der Waals surface area (Å²) in [6.07, 6.45) is -2.02. The predicted molar refractivity (Wildman–Crippen MR) is 159 cm³/mol. The number of fused-ring (bicyclic) bond motifs is 2. The normalized spacial score (nSPS) is 12.4. The molecule has 0 bridgehead atoms. The lowest BCUT2D eigenvalue weighted by Crippen LogP contribution is -2.27. The van der Waals surface area contributed by atoms with Crippen LogP contribution < -0.4 is 21.0 Å². The molecule has 0 aliphatic rings. The SMILES string of the molecule is C[C@H](Nc1ncnc2[nH]ccc(=O)c12)c1c(Cl)c2cccc(-c3ccc(OC(F)(F)F)cc3)c2c(=O)n1-c1ccccc1. The van der Waals surface area contributed by atoms with Crippen LogP contribution in [-0.2, 0) is 0 Å². The number of alkyl halides is 3. The molecule has 8 nitrogen and oxygen atoms in total. The predicted octanol–water partition coefficient (Wildman–Crippen LogP) is 7.01. The van der Waals surface area contributed by atoms with Crippen LogP contribution in [0.5, 0.6) is 5.75 Å². The van der Waals surface area contributed by atoms with E-state index in [-0.39, 0.29) is 32.8 Å². The first-order valence-electron chi connectivity index (χ1n) is 13.0. The molecular formula is C31H21ClF3N5O3. The number of ether oxygens (including phenoxy) is 1. The maximum atomic E-state index is 14.4. The van der Waals surface area contributed by atoms with Crippen LogP contribution in [0.25, 0.3) is 38.6 Å². The molecule has 12 heteroatoms. The fourth-order valence-electron chi connectivity index (χ4n) is 5.11. The number of para-hydroxylation sites is 1. The fourth-order valence-corrected chi connectivity index (χ4v) is 5.51. The molecule has 0 saturated heterocycles. The maximum absolute atomic E-state index is 14.4. The zero-order valence-corrected chi connectivity index (χ0v) is 23.1. The van der Waals surface area contributed by atoms with Gasteiger partial charge in [0, 0.05) is 23.3 Å². The van der Waals surface area contributed by atoms with E-state index in [1.54, 1.807) is 49.4 Å². The number of hydrogen-bond donors (Lipinski definition) is 2. The lowest BCUT2D eigenvalue weighted by atomic mass is 9.97. The van der Waals surface area contributed by atoms with Crippen molar-refractivity contribution in [2.45, 2.75) is 19.3 Å². The summed E-state index contributed by atoms with van der Waals surface area (Å²) in [6, 6.07) is 20.0. The van der Waals surface area contributed by atoms with E-state index in [0.29, 0.717) is 33.5 Å². The minimum atomic E-state index is -4.83. The van der Waals surface area contributed by atoms with Gasteiger partial charge in [-0.15, -0.1) is 13.2 Å². The highest BCUT2D eigenvalue weighted by Gasteiger charge is 2.31. The number of rotatable bonds is 6. The molecule has 0 radical (unpaired) electrons. The molecule has 0 spiro atoms. The van der Waals surface area contributed by atoms with Crippen molar-refractivity contribution in [2.24, 2.45) is 0 Å². The number of halogens is 4. The number of hydrogen-bond acceptors (Lipinski definition) is 6. The Balaban J connectivity index is 1.55. The third-order valence-electron chi connectivity index (χ3n) is 6.91. The summed E-state index contributed by atoms with van der Waals surface area (Å²) in [4.78, 5) is 38.4. The molecule has 3 aromatic carbocycles. The van der Waals surface area contributed by atoms with Gasteiger partial charge in [-0.25, -0.2) is 9.97 Å². The number of nitrogens with zero attached hydrogens (tertiary/aromatic N) is 3. The molecular weight excluding hydrogens is 583 g/mol. The van der Waals surface area contributed by atoms with Crippen LogP contribution >= 0.6 is 11.6 Å². The van der Waals surface area contributed by atoms with Crippen LogP contribution in [0.1, 0.15) is 18.7 Å². The molecule has 0 saturated carbocycles. The van der Waals surface area contributed by atoms with Gasteiger partial charge in [-0.1, -0.05) is 60.1 Å². The second kappa shape index (κ2) is 10.9. The molecule has 0 aliphatic heterocycles. The van der Waals surface area contributed by atoms with Crippen molar-refractivity contribution in [3.8, 4) is 22.6 Å². The first-order chi connectivity index (χ1) is 20.6. The highest BCUT2D eigenvalue weighted by atomic mass is 35.5. The molecule has 0 amide bonds. The maximum Gasteiger partial charge on any atom is 0.573 e. The standard InChI is InChI=1S/C31H21ClF3N5O3/c1-17(39-29-25-23(41)14-15-36-28(25)37-16-38-29)27-26(32)22-9-5-8-21(18-10-12-20(13-11-18)43-31(33,34)35)24(22)30(42)40(27)19-6-3-2-4-7-19/h2-17H,1H3,(H2,36,37,38,39,41)/t17-/m0/s1. The summed E-state index contributed by atoms with van der Waals surface area (Å²) in [5.74, 6) is -0.119. The van der Waals surface area contributed by atoms with Crippen molar-refractivity contribution in [2.75, 3.05) is 5.32 Å². The highest BCUT2D eigenvalue weighted by molar-refractivity contribution is 6.36. The van der Waals surface area contributed by atoms with Gasteiger partial charge in [-0.2, -0.15) is 0 Å². The van der Waals surface area contributed by atoms with Crippen molar-refractivity contribution in [1.82, 2.24) is 19.5 Å². The lowest BCUT2D eigenvalue weighted by molar-refractivity contribution is -0.274. The third kappa shape index (κ3) is 5.30. The van der Waals surface area contributed by atoms with Gasteiger partial charge < -0.3 is 15.0 Å². The van der Waals surface area contributed by atoms with Crippen molar-refractivity contribution in [3.05, 3.63) is 123 Å². The number of anilines is 1. The molecule has 0 aliphatic carbocycles. The zero-order valence-electron chi connectivity index (χ0n) is 22.3. The van der Waals surface area contributed by atoms with E-state index in [2.05, 4.69) is 25.0 Å².